The summed E-state index contributed by atoms with van der Waals surface area (Å²) in [5, 5.41) is 0. The Morgan fingerprint density at radius 2 is 1.91 bits per heavy atom. The molecule has 0 saturated carbocycles. The molecule has 1 fully saturated rings. The van der Waals surface area contributed by atoms with E-state index < -0.39 is 22.6 Å². The Bertz CT molecular complexity index is 593. The van der Waals surface area contributed by atoms with E-state index in [0.717, 1.165) is 6.42 Å². The normalized spacial score (nSPS) is 19.8. The van der Waals surface area contributed by atoms with Crippen molar-refractivity contribution in [1.29, 1.82) is 0 Å². The number of hydrogen-bond donors (Lipinski definition) is 0. The van der Waals surface area contributed by atoms with E-state index in [4.69, 9.17) is 4.74 Å². The molecule has 1 saturated heterocycles. The van der Waals surface area contributed by atoms with Crippen LogP contribution in [0.3, 0.4) is 0 Å². The summed E-state index contributed by atoms with van der Waals surface area (Å²) in [4.78, 5) is -0.000148. The smallest absolute Gasteiger partial charge is 0.381 e. The van der Waals surface area contributed by atoms with E-state index in [1.54, 1.807) is 0 Å². The maximum Gasteiger partial charge on any atom is 0.393 e. The lowest BCUT2D eigenvalue weighted by atomic mass is 10.1. The SMILES string of the molecule is CN(C[C@@H]1CCOC1)S(=O)(=O)c1ccc(CC(F)(F)F)cc1. The van der Waals surface area contributed by atoms with Crippen LogP contribution in [-0.2, 0) is 21.2 Å². The molecule has 0 amide bonds. The maximum atomic E-state index is 12.4. The Morgan fingerprint density at radius 1 is 1.27 bits per heavy atom. The van der Waals surface area contributed by atoms with Gasteiger partial charge in [0.1, 0.15) is 0 Å². The van der Waals surface area contributed by atoms with Gasteiger partial charge in [-0.15, -0.1) is 0 Å². The quantitative estimate of drug-likeness (QED) is 0.829. The zero-order valence-electron chi connectivity index (χ0n) is 12.1. The average Bonchev–Trinajstić information content (AvgIpc) is 2.90. The summed E-state index contributed by atoms with van der Waals surface area (Å²) in [7, 11) is -2.22. The molecule has 0 unspecified atom stereocenters. The average molecular weight is 337 g/mol. The Morgan fingerprint density at radius 3 is 2.41 bits per heavy atom. The minimum absolute atomic E-state index is 0.000148. The van der Waals surface area contributed by atoms with Gasteiger partial charge in [0.15, 0.2) is 0 Å². The van der Waals surface area contributed by atoms with Gasteiger partial charge in [-0.05, 0) is 30.0 Å². The van der Waals surface area contributed by atoms with Crippen molar-refractivity contribution in [3.8, 4) is 0 Å². The first kappa shape index (κ1) is 17.2. The summed E-state index contributed by atoms with van der Waals surface area (Å²) in [6.45, 7) is 1.50. The van der Waals surface area contributed by atoms with Gasteiger partial charge in [-0.25, -0.2) is 12.7 Å². The Hall–Kier alpha value is -1.12. The van der Waals surface area contributed by atoms with E-state index in [1.165, 1.54) is 35.6 Å². The monoisotopic (exact) mass is 337 g/mol. The molecule has 0 radical (unpaired) electrons. The molecule has 0 N–H and O–H groups in total. The van der Waals surface area contributed by atoms with Crippen LogP contribution in [0.5, 0.6) is 0 Å². The molecule has 1 aliphatic rings. The van der Waals surface area contributed by atoms with Crippen LogP contribution in [-0.4, -0.2) is 45.7 Å². The molecule has 8 heteroatoms. The molecule has 1 aromatic rings. The zero-order chi connectivity index (χ0) is 16.4. The number of halogens is 3. The molecule has 1 heterocycles. The molecule has 4 nitrogen and oxygen atoms in total. The Kier molecular flexibility index (Phi) is 5.14. The summed E-state index contributed by atoms with van der Waals surface area (Å²) in [6, 6.07) is 4.84. The van der Waals surface area contributed by atoms with Crippen LogP contribution in [0.2, 0.25) is 0 Å². The molecule has 1 aromatic carbocycles. The molecular formula is C14H18F3NO3S. The predicted octanol–water partition coefficient (Wildman–Crippen LogP) is 2.45. The summed E-state index contributed by atoms with van der Waals surface area (Å²) in [6.07, 6.45) is -4.56. The number of rotatable bonds is 5. The van der Waals surface area contributed by atoms with Crippen molar-refractivity contribution in [2.45, 2.75) is 23.9 Å². The van der Waals surface area contributed by atoms with Crippen molar-refractivity contribution < 1.29 is 26.3 Å². The third kappa shape index (κ3) is 4.44. The summed E-state index contributed by atoms with van der Waals surface area (Å²) in [5.41, 5.74) is 0.0401. The molecular weight excluding hydrogens is 319 g/mol. The van der Waals surface area contributed by atoms with Crippen LogP contribution in [0.4, 0.5) is 13.2 Å². The summed E-state index contributed by atoms with van der Waals surface area (Å²) in [5.74, 6) is 0.157. The third-order valence-corrected chi connectivity index (χ3v) is 5.41. The zero-order valence-corrected chi connectivity index (χ0v) is 13.0. The minimum Gasteiger partial charge on any atom is -0.381 e. The standard InChI is InChI=1S/C14H18F3NO3S/c1-18(9-12-6-7-21-10-12)22(19,20)13-4-2-11(3-5-13)8-14(15,16)17/h2-5,12H,6-10H2,1H3/t12-/m0/s1. The molecule has 124 valence electrons. The predicted molar refractivity (Wildman–Crippen MR) is 74.9 cm³/mol. The number of sulfonamides is 1. The van der Waals surface area contributed by atoms with Crippen molar-refractivity contribution in [2.75, 3.05) is 26.8 Å². The summed E-state index contributed by atoms with van der Waals surface area (Å²) < 4.78 is 68.1. The highest BCUT2D eigenvalue weighted by atomic mass is 32.2. The van der Waals surface area contributed by atoms with Gasteiger partial charge in [0, 0.05) is 20.2 Å². The van der Waals surface area contributed by atoms with E-state index in [-0.39, 0.29) is 16.4 Å². The van der Waals surface area contributed by atoms with Crippen LogP contribution >= 0.6 is 0 Å². The van der Waals surface area contributed by atoms with Gasteiger partial charge in [-0.3, -0.25) is 0 Å². The van der Waals surface area contributed by atoms with Crippen molar-refractivity contribution >= 4 is 10.0 Å². The van der Waals surface area contributed by atoms with Crippen LogP contribution in [0, 0.1) is 5.92 Å². The fourth-order valence-corrected chi connectivity index (χ4v) is 3.63. The van der Waals surface area contributed by atoms with Gasteiger partial charge in [-0.1, -0.05) is 12.1 Å². The highest BCUT2D eigenvalue weighted by molar-refractivity contribution is 7.89. The first-order valence-corrected chi connectivity index (χ1v) is 8.32. The molecule has 0 bridgehead atoms. The van der Waals surface area contributed by atoms with Gasteiger partial charge < -0.3 is 4.74 Å². The topological polar surface area (TPSA) is 46.6 Å². The lowest BCUT2D eigenvalue weighted by molar-refractivity contribution is -0.127. The van der Waals surface area contributed by atoms with E-state index in [0.29, 0.717) is 19.8 Å². The maximum absolute atomic E-state index is 12.4. The first-order chi connectivity index (χ1) is 10.2. The number of hydrogen-bond acceptors (Lipinski definition) is 3. The second-order valence-corrected chi connectivity index (χ2v) is 7.50. The van der Waals surface area contributed by atoms with Crippen LogP contribution in [0.1, 0.15) is 12.0 Å². The number of nitrogens with zero attached hydrogens (tertiary/aromatic N) is 1. The van der Waals surface area contributed by atoms with E-state index in [2.05, 4.69) is 0 Å². The fourth-order valence-electron chi connectivity index (χ4n) is 2.38. The lowest BCUT2D eigenvalue weighted by Gasteiger charge is -2.20. The van der Waals surface area contributed by atoms with Gasteiger partial charge in [-0.2, -0.15) is 13.2 Å². The number of alkyl halides is 3. The fraction of sp³-hybridized carbons (Fsp3) is 0.571. The first-order valence-electron chi connectivity index (χ1n) is 6.88. The minimum atomic E-state index is -4.31. The van der Waals surface area contributed by atoms with Gasteiger partial charge in [0.2, 0.25) is 10.0 Å². The molecule has 1 aliphatic heterocycles. The number of ether oxygens (including phenoxy) is 1. The van der Waals surface area contributed by atoms with Crippen LogP contribution < -0.4 is 0 Å². The van der Waals surface area contributed by atoms with Crippen LogP contribution in [0.25, 0.3) is 0 Å². The van der Waals surface area contributed by atoms with Crippen LogP contribution in [0.15, 0.2) is 29.2 Å². The van der Waals surface area contributed by atoms with Crippen molar-refractivity contribution in [2.24, 2.45) is 5.92 Å². The van der Waals surface area contributed by atoms with E-state index in [1.807, 2.05) is 0 Å². The lowest BCUT2D eigenvalue weighted by Crippen LogP contribution is -2.32. The molecule has 22 heavy (non-hydrogen) atoms. The highest BCUT2D eigenvalue weighted by Crippen LogP contribution is 2.23. The molecule has 0 spiro atoms. The second-order valence-electron chi connectivity index (χ2n) is 5.45. The van der Waals surface area contributed by atoms with Gasteiger partial charge in [0.05, 0.1) is 17.9 Å². The van der Waals surface area contributed by atoms with Crippen molar-refractivity contribution in [3.63, 3.8) is 0 Å². The van der Waals surface area contributed by atoms with Gasteiger partial charge in [0.25, 0.3) is 0 Å². The largest absolute Gasteiger partial charge is 0.393 e. The number of benzene rings is 1. The summed E-state index contributed by atoms with van der Waals surface area (Å²) >= 11 is 0. The highest BCUT2D eigenvalue weighted by Gasteiger charge is 2.29. The van der Waals surface area contributed by atoms with Gasteiger partial charge >= 0.3 is 6.18 Å². The van der Waals surface area contributed by atoms with Crippen molar-refractivity contribution in [3.05, 3.63) is 29.8 Å². The molecule has 2 rings (SSSR count). The third-order valence-electron chi connectivity index (χ3n) is 3.58. The van der Waals surface area contributed by atoms with E-state index in [9.17, 15) is 21.6 Å². The Labute approximate surface area is 127 Å². The Balaban J connectivity index is 2.08. The second kappa shape index (κ2) is 6.55. The molecule has 0 aliphatic carbocycles. The molecule has 0 aromatic heterocycles. The van der Waals surface area contributed by atoms with E-state index >= 15 is 0 Å². The van der Waals surface area contributed by atoms with Crippen molar-refractivity contribution in [1.82, 2.24) is 4.31 Å². The molecule has 1 atom stereocenters.